The van der Waals surface area contributed by atoms with Gasteiger partial charge in [0.1, 0.15) is 37.4 Å². The van der Waals surface area contributed by atoms with Gasteiger partial charge in [-0.2, -0.15) is 10.4 Å². The van der Waals surface area contributed by atoms with Gasteiger partial charge in [0.05, 0.1) is 35.0 Å². The quantitative estimate of drug-likeness (QED) is 0.0294. The van der Waals surface area contributed by atoms with Crippen molar-refractivity contribution in [3.05, 3.63) is 35.4 Å². The Balaban J connectivity index is 2.12. The highest BCUT2D eigenvalue weighted by atomic mass is 32.2. The van der Waals surface area contributed by atoms with Crippen molar-refractivity contribution in [2.24, 2.45) is 10.2 Å². The van der Waals surface area contributed by atoms with Gasteiger partial charge in [0.15, 0.2) is 15.7 Å². The molecule has 0 saturated carbocycles. The number of carbonyl (C=O) groups is 3. The van der Waals surface area contributed by atoms with Crippen LogP contribution in [-0.4, -0.2) is 130 Å². The predicted molar refractivity (Wildman–Crippen MR) is 220 cm³/mol. The highest BCUT2D eigenvalue weighted by molar-refractivity contribution is 7.91. The molecule has 59 heavy (non-hydrogen) atoms. The predicted octanol–water partition coefficient (Wildman–Crippen LogP) is 4.49. The summed E-state index contributed by atoms with van der Waals surface area (Å²) in [5, 5.41) is 51.6. The molecule has 5 N–H and O–H groups in total. The van der Waals surface area contributed by atoms with Crippen molar-refractivity contribution >= 4 is 50.8 Å². The van der Waals surface area contributed by atoms with Gasteiger partial charge in [0.2, 0.25) is 0 Å². The van der Waals surface area contributed by atoms with E-state index in [2.05, 4.69) is 31.9 Å². The van der Waals surface area contributed by atoms with E-state index in [9.17, 15) is 28.1 Å². The number of benzene rings is 1. The van der Waals surface area contributed by atoms with Crippen LogP contribution in [0.15, 0.2) is 39.4 Å². The molecule has 0 aliphatic rings. The molecule has 0 fully saturated rings. The van der Waals surface area contributed by atoms with E-state index in [-0.39, 0.29) is 130 Å². The molecule has 1 aromatic heterocycles. The molecule has 0 amide bonds. The number of aliphatic hydroxyl groups excluding tert-OH is 3. The number of nitrogens with zero attached hydrogens (tertiary/aromatic N) is 5. The fourth-order valence-electron chi connectivity index (χ4n) is 5.41. The first-order valence-corrected chi connectivity index (χ1v) is 21.8. The van der Waals surface area contributed by atoms with Gasteiger partial charge in [-0.15, -0.1) is 5.11 Å². The van der Waals surface area contributed by atoms with Crippen LogP contribution < -0.4 is 10.6 Å². The molecule has 1 heterocycles. The number of likely N-dealkylation sites (N-methyl/N-ethyl adjacent to an activating group) is 1. The first-order valence-electron chi connectivity index (χ1n) is 20.1. The molecule has 0 bridgehead atoms. The smallest absolute Gasteiger partial charge is 0.305 e. The summed E-state index contributed by atoms with van der Waals surface area (Å²) in [6, 6.07) is 8.01. The van der Waals surface area contributed by atoms with Crippen molar-refractivity contribution in [3.8, 4) is 6.07 Å². The van der Waals surface area contributed by atoms with Gasteiger partial charge in [-0.1, -0.05) is 19.3 Å². The van der Waals surface area contributed by atoms with Gasteiger partial charge < -0.3 is 45.1 Å². The van der Waals surface area contributed by atoms with Gasteiger partial charge in [0, 0.05) is 57.7 Å². The Morgan fingerprint density at radius 2 is 1.22 bits per heavy atom. The van der Waals surface area contributed by atoms with E-state index in [1.54, 1.807) is 18.9 Å². The average Bonchev–Trinajstić information content (AvgIpc) is 3.22. The molecule has 0 radical (unpaired) electrons. The topological polar surface area (TPSA) is 262 Å². The Morgan fingerprint density at radius 1 is 0.729 bits per heavy atom. The molecule has 0 unspecified atom stereocenters. The standard InChI is InChI=1S/C40H61N7O11S/c1-31-34(30-41)39(42-19-26-56-35(51)12-6-3-9-23-48)44-40(43-20-27-57-36(52)13-7-4-10-24-49)38(31)46-45-32-15-17-33(18-16-32)59(54,55)29-22-47(2)21-28-58-37(53)14-8-5-11-25-50/h15-18,48-50H,3-14,19-29H2,1-2H3,(H2,42,43,44). The van der Waals surface area contributed by atoms with Gasteiger partial charge in [0.25, 0.3) is 0 Å². The minimum atomic E-state index is -3.66. The van der Waals surface area contributed by atoms with Crippen LogP contribution in [0.2, 0.25) is 0 Å². The number of rotatable bonds is 32. The first kappa shape index (κ1) is 50.4. The number of nitrogens with one attached hydrogen (secondary N) is 2. The van der Waals surface area contributed by atoms with Gasteiger partial charge in [-0.3, -0.25) is 14.4 Å². The van der Waals surface area contributed by atoms with E-state index in [4.69, 9.17) is 29.5 Å². The third kappa shape index (κ3) is 20.7. The number of unbranched alkanes of at least 4 members (excludes halogenated alkanes) is 6. The summed E-state index contributed by atoms with van der Waals surface area (Å²) in [6.45, 7) is 2.96. The largest absolute Gasteiger partial charge is 0.464 e. The van der Waals surface area contributed by atoms with E-state index < -0.39 is 9.84 Å². The van der Waals surface area contributed by atoms with Gasteiger partial charge in [-0.25, -0.2) is 13.4 Å². The van der Waals surface area contributed by atoms with Crippen molar-refractivity contribution in [2.75, 3.05) is 89.3 Å². The zero-order valence-electron chi connectivity index (χ0n) is 34.3. The Kier molecular flexibility index (Phi) is 25.2. The second-order valence-electron chi connectivity index (χ2n) is 13.7. The highest BCUT2D eigenvalue weighted by Gasteiger charge is 2.19. The summed E-state index contributed by atoms with van der Waals surface area (Å²) in [5.74, 6) is -0.806. The number of hydrogen-bond donors (Lipinski definition) is 5. The third-order valence-corrected chi connectivity index (χ3v) is 10.6. The van der Waals surface area contributed by atoms with Crippen LogP contribution in [-0.2, 0) is 38.4 Å². The molecule has 2 aromatic rings. The van der Waals surface area contributed by atoms with Crippen LogP contribution >= 0.6 is 0 Å². The maximum Gasteiger partial charge on any atom is 0.305 e. The van der Waals surface area contributed by atoms with Crippen LogP contribution in [0.1, 0.15) is 88.2 Å². The molecule has 2 rings (SSSR count). The lowest BCUT2D eigenvalue weighted by Gasteiger charge is -2.16. The first-order chi connectivity index (χ1) is 28.4. The molecule has 328 valence electrons. The number of nitriles is 1. The van der Waals surface area contributed by atoms with Crippen molar-refractivity contribution < 1.29 is 52.3 Å². The van der Waals surface area contributed by atoms with Crippen LogP contribution in [0.25, 0.3) is 0 Å². The number of sulfone groups is 1. The SMILES string of the molecule is Cc1c(C#N)c(NCCOC(=O)CCCCCO)nc(NCCOC(=O)CCCCCO)c1N=Nc1ccc(S(=O)(=O)CCN(C)CCOC(=O)CCCCCO)cc1. The molecule has 19 heteroatoms. The number of azo groups is 1. The highest BCUT2D eigenvalue weighted by Crippen LogP contribution is 2.35. The Morgan fingerprint density at radius 3 is 1.71 bits per heavy atom. The number of aliphatic hydroxyl groups is 3. The molecular formula is C40H61N7O11S. The van der Waals surface area contributed by atoms with Crippen molar-refractivity contribution in [1.29, 1.82) is 5.26 Å². The number of pyridine rings is 1. The van der Waals surface area contributed by atoms with E-state index in [1.807, 2.05) is 0 Å². The minimum Gasteiger partial charge on any atom is -0.464 e. The van der Waals surface area contributed by atoms with E-state index in [1.165, 1.54) is 24.3 Å². The number of hydrogen-bond acceptors (Lipinski definition) is 18. The fraction of sp³-hybridized carbons (Fsp3) is 0.625. The molecule has 1 aromatic carbocycles. The van der Waals surface area contributed by atoms with E-state index in [0.717, 1.165) is 6.42 Å². The summed E-state index contributed by atoms with van der Waals surface area (Å²) >= 11 is 0. The maximum atomic E-state index is 13.1. The van der Waals surface area contributed by atoms with Crippen molar-refractivity contribution in [3.63, 3.8) is 0 Å². The zero-order valence-corrected chi connectivity index (χ0v) is 35.1. The number of ether oxygens (including phenoxy) is 3. The molecular weight excluding hydrogens is 787 g/mol. The van der Waals surface area contributed by atoms with Crippen LogP contribution in [0.3, 0.4) is 0 Å². The molecule has 0 aliphatic carbocycles. The lowest BCUT2D eigenvalue weighted by Crippen LogP contribution is -2.29. The number of esters is 3. The van der Waals surface area contributed by atoms with Crippen molar-refractivity contribution in [1.82, 2.24) is 9.88 Å². The number of anilines is 2. The molecule has 0 saturated heterocycles. The molecule has 0 spiro atoms. The Hall–Kier alpha value is -4.74. The minimum absolute atomic E-state index is 0.0130. The zero-order chi connectivity index (χ0) is 43.3. The van der Waals surface area contributed by atoms with E-state index in [0.29, 0.717) is 69.2 Å². The summed E-state index contributed by atoms with van der Waals surface area (Å²) in [4.78, 5) is 42.5. The normalized spacial score (nSPS) is 11.4. The fourth-order valence-corrected chi connectivity index (χ4v) is 6.75. The van der Waals surface area contributed by atoms with Crippen LogP contribution in [0.5, 0.6) is 0 Å². The third-order valence-electron chi connectivity index (χ3n) is 8.90. The summed E-state index contributed by atoms with van der Waals surface area (Å²) < 4.78 is 42.0. The second-order valence-corrected chi connectivity index (χ2v) is 15.8. The Bertz CT molecular complexity index is 1750. The lowest BCUT2D eigenvalue weighted by molar-refractivity contribution is -0.144. The molecule has 0 aliphatic heterocycles. The van der Waals surface area contributed by atoms with Gasteiger partial charge >= 0.3 is 17.9 Å². The monoisotopic (exact) mass is 847 g/mol. The maximum absolute atomic E-state index is 13.1. The van der Waals surface area contributed by atoms with E-state index >= 15 is 0 Å². The molecule has 18 nitrogen and oxygen atoms in total. The lowest BCUT2D eigenvalue weighted by atomic mass is 10.1. The number of carbonyl (C=O) groups excluding carboxylic acids is 3. The summed E-state index contributed by atoms with van der Waals surface area (Å²) in [6.07, 6.45) is 6.60. The summed E-state index contributed by atoms with van der Waals surface area (Å²) in [7, 11) is -1.92. The van der Waals surface area contributed by atoms with Gasteiger partial charge in [-0.05, 0) is 76.8 Å². The van der Waals surface area contributed by atoms with Crippen molar-refractivity contribution in [2.45, 2.75) is 88.9 Å². The summed E-state index contributed by atoms with van der Waals surface area (Å²) in [5.41, 5.74) is 1.16. The number of aromatic nitrogens is 1. The second kappa shape index (κ2) is 29.5. The average molecular weight is 848 g/mol. The van der Waals surface area contributed by atoms with Crippen LogP contribution in [0.4, 0.5) is 23.0 Å². The molecule has 0 atom stereocenters. The Labute approximate surface area is 347 Å². The van der Waals surface area contributed by atoms with Crippen LogP contribution in [0, 0.1) is 18.3 Å².